The Labute approximate surface area is 122 Å². The van der Waals surface area contributed by atoms with Crippen molar-refractivity contribution in [3.8, 4) is 0 Å². The molecule has 104 valence electrons. The zero-order chi connectivity index (χ0) is 12.2. The van der Waals surface area contributed by atoms with Gasteiger partial charge < -0.3 is 20.8 Å². The monoisotopic (exact) mass is 395 g/mol. The average Bonchev–Trinajstić information content (AvgIpc) is 2.31. The molecule has 0 saturated heterocycles. The van der Waals surface area contributed by atoms with Crippen LogP contribution in [0, 0.1) is 20.8 Å². The van der Waals surface area contributed by atoms with Crippen LogP contribution >= 0.6 is 30.2 Å². The van der Waals surface area contributed by atoms with Gasteiger partial charge in [0.05, 0.1) is 0 Å². The van der Waals surface area contributed by atoms with Crippen LogP contribution in [0.5, 0.6) is 0 Å². The molecule has 0 radical (unpaired) electrons. The molecule has 0 aromatic carbocycles. The molecule has 1 atom stereocenters. The van der Waals surface area contributed by atoms with Gasteiger partial charge >= 0.3 is 33.1 Å². The summed E-state index contributed by atoms with van der Waals surface area (Å²) in [5.41, 5.74) is 0. The fourth-order valence-corrected chi connectivity index (χ4v) is 0. The fraction of sp³-hybridized carbons (Fsp3) is 0.750. The summed E-state index contributed by atoms with van der Waals surface area (Å²) < 4.78 is 0. The summed E-state index contributed by atoms with van der Waals surface area (Å²) in [4.78, 5) is 0. The zero-order valence-electron chi connectivity index (χ0n) is 10.8. The molecule has 0 bridgehead atoms. The van der Waals surface area contributed by atoms with Gasteiger partial charge in [-0.3, -0.25) is 0 Å². The van der Waals surface area contributed by atoms with Gasteiger partial charge in [0.25, 0.3) is 0 Å². The number of hydrogen-bond donors (Lipinski definition) is 0. The van der Waals surface area contributed by atoms with E-state index in [2.05, 4.69) is 54.3 Å². The molecule has 0 amide bonds. The molecular formula is C12H30CuIP-3. The van der Waals surface area contributed by atoms with Gasteiger partial charge in [-0.15, -0.1) is 0 Å². The molecule has 0 spiro atoms. The number of unbranched alkanes of at least 4 members (excludes halogenated alkanes) is 3. The Morgan fingerprint density at radius 2 is 0.800 bits per heavy atom. The van der Waals surface area contributed by atoms with Crippen LogP contribution in [-0.2, 0) is 12.8 Å². The van der Waals surface area contributed by atoms with Gasteiger partial charge in [0.2, 0.25) is 0 Å². The van der Waals surface area contributed by atoms with E-state index in [4.69, 9.17) is 0 Å². The first kappa shape index (κ1) is 30.1. The van der Waals surface area contributed by atoms with Gasteiger partial charge in [0.15, 0.2) is 0 Å². The van der Waals surface area contributed by atoms with Crippen molar-refractivity contribution in [2.24, 2.45) is 0 Å². The Kier molecular flexibility index (Phi) is 115. The standard InChI is InChI=1S/3C4H9.Cu.HI.H3P/c3*1-3-4-2;;;/h3*1,3-4H2,2H3;;1H;1H3/q3*-1;+1;;/p-1. The van der Waals surface area contributed by atoms with Crippen LogP contribution in [0.2, 0.25) is 0 Å². The van der Waals surface area contributed by atoms with Crippen LogP contribution < -0.4 is 0 Å². The third kappa shape index (κ3) is 134. The van der Waals surface area contributed by atoms with Crippen molar-refractivity contribution in [3.05, 3.63) is 20.8 Å². The first-order chi connectivity index (χ1) is 6.74. The molecule has 0 aliphatic heterocycles. The van der Waals surface area contributed by atoms with Crippen LogP contribution in [0.1, 0.15) is 59.3 Å². The molecule has 0 heterocycles. The molecule has 3 heteroatoms. The van der Waals surface area contributed by atoms with Gasteiger partial charge in [-0.05, 0) is 0 Å². The SMILES string of the molecule is P.[CH2-]CCC.[CH2-]CCC.[CH2-]CCC.[Cu][I]. The first-order valence-electron chi connectivity index (χ1n) is 5.24. The summed E-state index contributed by atoms with van der Waals surface area (Å²) in [6, 6.07) is 0. The Morgan fingerprint density at radius 1 is 0.733 bits per heavy atom. The molecule has 0 aromatic rings. The fourth-order valence-electron chi connectivity index (χ4n) is 0. The van der Waals surface area contributed by atoms with E-state index in [1.54, 1.807) is 20.3 Å². The summed E-state index contributed by atoms with van der Waals surface area (Å²) >= 11 is 5.87. The molecule has 0 N–H and O–H groups in total. The first-order valence-corrected chi connectivity index (χ1v) is 8.27. The third-order valence-corrected chi connectivity index (χ3v) is 1.06. The molecular weight excluding hydrogens is 366 g/mol. The van der Waals surface area contributed by atoms with Crippen molar-refractivity contribution in [1.82, 2.24) is 0 Å². The number of hydrogen-bond acceptors (Lipinski definition) is 0. The van der Waals surface area contributed by atoms with Gasteiger partial charge in [-0.1, -0.05) is 40.0 Å². The minimum absolute atomic E-state index is 0. The Balaban J connectivity index is -0.0000000298. The van der Waals surface area contributed by atoms with Gasteiger partial charge in [0.1, 0.15) is 0 Å². The maximum atomic E-state index is 4.16. The van der Waals surface area contributed by atoms with E-state index in [0.29, 0.717) is 0 Å². The second-order valence-corrected chi connectivity index (χ2v) is 2.56. The predicted octanol–water partition coefficient (Wildman–Crippen LogP) is 5.80. The zero-order valence-corrected chi connectivity index (χ0v) is 15.3. The Morgan fingerprint density at radius 3 is 0.800 bits per heavy atom. The molecule has 0 saturated carbocycles. The van der Waals surface area contributed by atoms with E-state index in [-0.39, 0.29) is 9.90 Å². The normalized spacial score (nSPS) is 6.47. The molecule has 0 aliphatic rings. The Hall–Kier alpha value is 1.68. The van der Waals surface area contributed by atoms with E-state index in [1.807, 2.05) is 0 Å². The predicted molar refractivity (Wildman–Crippen MR) is 85.9 cm³/mol. The maximum absolute atomic E-state index is 4.16. The summed E-state index contributed by atoms with van der Waals surface area (Å²) in [7, 11) is 0. The average molecular weight is 396 g/mol. The molecule has 0 rings (SSSR count). The van der Waals surface area contributed by atoms with E-state index < -0.39 is 0 Å². The minimum atomic E-state index is 0. The number of halogens is 1. The Bertz CT molecular complexity index is 31.1. The van der Waals surface area contributed by atoms with E-state index in [9.17, 15) is 0 Å². The third-order valence-electron chi connectivity index (χ3n) is 1.06. The van der Waals surface area contributed by atoms with Crippen molar-refractivity contribution >= 4 is 30.2 Å². The second kappa shape index (κ2) is 57.3. The molecule has 15 heavy (non-hydrogen) atoms. The van der Waals surface area contributed by atoms with E-state index in [1.165, 1.54) is 19.3 Å². The molecule has 0 nitrogen and oxygen atoms in total. The topological polar surface area (TPSA) is 0 Å². The quantitative estimate of drug-likeness (QED) is 0.245. The van der Waals surface area contributed by atoms with Crippen molar-refractivity contribution in [2.75, 3.05) is 0 Å². The van der Waals surface area contributed by atoms with Crippen LogP contribution in [0.25, 0.3) is 0 Å². The second-order valence-electron chi connectivity index (χ2n) is 2.56. The number of rotatable bonds is 3. The van der Waals surface area contributed by atoms with Crippen LogP contribution in [0.4, 0.5) is 0 Å². The molecule has 0 aromatic heterocycles. The van der Waals surface area contributed by atoms with Crippen molar-refractivity contribution in [2.45, 2.75) is 59.3 Å². The van der Waals surface area contributed by atoms with Gasteiger partial charge in [0, 0.05) is 0 Å². The summed E-state index contributed by atoms with van der Waals surface area (Å²) in [5.74, 6) is 0. The van der Waals surface area contributed by atoms with E-state index >= 15 is 0 Å². The van der Waals surface area contributed by atoms with Crippen LogP contribution in [0.15, 0.2) is 0 Å². The van der Waals surface area contributed by atoms with Gasteiger partial charge in [-0.25, -0.2) is 0 Å². The van der Waals surface area contributed by atoms with Crippen molar-refractivity contribution < 1.29 is 12.8 Å². The summed E-state index contributed by atoms with van der Waals surface area (Å²) in [6.45, 7) is 17.2. The molecule has 0 aliphatic carbocycles. The van der Waals surface area contributed by atoms with Crippen LogP contribution in [-0.4, -0.2) is 0 Å². The van der Waals surface area contributed by atoms with Crippen molar-refractivity contribution in [3.63, 3.8) is 0 Å². The van der Waals surface area contributed by atoms with Gasteiger partial charge in [-0.2, -0.15) is 29.2 Å². The molecule has 1 unspecified atom stereocenters. The van der Waals surface area contributed by atoms with Crippen LogP contribution in [0.3, 0.4) is 0 Å². The molecule has 0 fully saturated rings. The van der Waals surface area contributed by atoms with E-state index in [0.717, 1.165) is 19.3 Å². The summed E-state index contributed by atoms with van der Waals surface area (Å²) in [6.07, 6.45) is 6.83. The summed E-state index contributed by atoms with van der Waals surface area (Å²) in [5, 5.41) is 0. The van der Waals surface area contributed by atoms with Crippen molar-refractivity contribution in [1.29, 1.82) is 0 Å².